The van der Waals surface area contributed by atoms with E-state index in [1.807, 2.05) is 11.8 Å². The maximum atomic E-state index is 12.1. The first-order valence-electron chi connectivity index (χ1n) is 6.70. The molecule has 2 atom stereocenters. The van der Waals surface area contributed by atoms with Crippen LogP contribution in [0.5, 0.6) is 0 Å². The van der Waals surface area contributed by atoms with Gasteiger partial charge in [0.2, 0.25) is 5.91 Å². The fourth-order valence-electron chi connectivity index (χ4n) is 2.35. The van der Waals surface area contributed by atoms with E-state index >= 15 is 0 Å². The van der Waals surface area contributed by atoms with Gasteiger partial charge < -0.3 is 15.4 Å². The van der Waals surface area contributed by atoms with Gasteiger partial charge in [0.25, 0.3) is 0 Å². The van der Waals surface area contributed by atoms with E-state index in [2.05, 4.69) is 13.8 Å². The van der Waals surface area contributed by atoms with Gasteiger partial charge in [0, 0.05) is 19.7 Å². The Morgan fingerprint density at radius 3 is 2.82 bits per heavy atom. The zero-order chi connectivity index (χ0) is 12.8. The fourth-order valence-corrected chi connectivity index (χ4v) is 2.35. The third-order valence-electron chi connectivity index (χ3n) is 3.13. The van der Waals surface area contributed by atoms with Crippen molar-refractivity contribution in [3.8, 4) is 0 Å². The van der Waals surface area contributed by atoms with E-state index in [1.54, 1.807) is 0 Å². The molecule has 0 spiro atoms. The molecule has 0 saturated carbocycles. The molecule has 1 fully saturated rings. The normalized spacial score (nSPS) is 22.9. The molecule has 0 aromatic carbocycles. The third-order valence-corrected chi connectivity index (χ3v) is 3.13. The average Bonchev–Trinajstić information content (AvgIpc) is 2.28. The van der Waals surface area contributed by atoms with Gasteiger partial charge in [0.05, 0.1) is 12.1 Å². The molecule has 4 heteroatoms. The Morgan fingerprint density at radius 2 is 2.24 bits per heavy atom. The molecule has 17 heavy (non-hydrogen) atoms. The summed E-state index contributed by atoms with van der Waals surface area (Å²) in [5.41, 5.74) is 5.94. The third kappa shape index (κ3) is 4.64. The molecule has 0 aromatic rings. The van der Waals surface area contributed by atoms with Gasteiger partial charge in [-0.15, -0.1) is 0 Å². The van der Waals surface area contributed by atoms with Crippen LogP contribution in [0.2, 0.25) is 0 Å². The average molecular weight is 242 g/mol. The Balaban J connectivity index is 2.45. The van der Waals surface area contributed by atoms with Crippen molar-refractivity contribution in [1.82, 2.24) is 4.90 Å². The largest absolute Gasteiger partial charge is 0.377 e. The molecular weight excluding hydrogens is 216 g/mol. The fraction of sp³-hybridized carbons (Fsp3) is 0.923. The lowest BCUT2D eigenvalue weighted by Gasteiger charge is -2.34. The van der Waals surface area contributed by atoms with Gasteiger partial charge in [-0.3, -0.25) is 4.79 Å². The molecule has 2 unspecified atom stereocenters. The number of rotatable bonds is 5. The second-order valence-electron chi connectivity index (χ2n) is 5.24. The predicted octanol–water partition coefficient (Wildman–Crippen LogP) is 1.39. The van der Waals surface area contributed by atoms with Crippen molar-refractivity contribution < 1.29 is 9.53 Å². The Hall–Kier alpha value is -0.610. The molecule has 1 aliphatic heterocycles. The number of ether oxygens (including phenoxy) is 1. The molecule has 2 N–H and O–H groups in total. The molecule has 1 aliphatic rings. The molecule has 1 saturated heterocycles. The number of hydrogen-bond acceptors (Lipinski definition) is 3. The van der Waals surface area contributed by atoms with Crippen LogP contribution in [-0.2, 0) is 9.53 Å². The molecule has 1 amide bonds. The van der Waals surface area contributed by atoms with Gasteiger partial charge in [-0.25, -0.2) is 0 Å². The van der Waals surface area contributed by atoms with Gasteiger partial charge in [0.1, 0.15) is 0 Å². The van der Waals surface area contributed by atoms with Crippen molar-refractivity contribution in [1.29, 1.82) is 0 Å². The van der Waals surface area contributed by atoms with Crippen molar-refractivity contribution in [2.75, 3.05) is 19.7 Å². The van der Waals surface area contributed by atoms with E-state index in [0.29, 0.717) is 19.1 Å². The number of nitrogens with two attached hydrogens (primary N) is 1. The van der Waals surface area contributed by atoms with Crippen molar-refractivity contribution >= 4 is 5.91 Å². The molecule has 4 nitrogen and oxygen atoms in total. The Labute approximate surface area is 104 Å². The van der Waals surface area contributed by atoms with Gasteiger partial charge >= 0.3 is 0 Å². The van der Waals surface area contributed by atoms with Crippen molar-refractivity contribution in [3.63, 3.8) is 0 Å². The summed E-state index contributed by atoms with van der Waals surface area (Å²) in [6.45, 7) is 8.42. The van der Waals surface area contributed by atoms with Crippen LogP contribution >= 0.6 is 0 Å². The number of likely N-dealkylation sites (tertiary alicyclic amines) is 1. The molecule has 0 bridgehead atoms. The van der Waals surface area contributed by atoms with Crippen molar-refractivity contribution in [2.24, 2.45) is 11.7 Å². The number of piperidine rings is 1. The van der Waals surface area contributed by atoms with Crippen LogP contribution in [0.15, 0.2) is 0 Å². The first-order chi connectivity index (χ1) is 8.04. The standard InChI is InChI=1S/C13H26N2O2/c1-4-17-11-6-5-7-15(9-11)13(16)12(14)8-10(2)3/h10-12H,4-9,14H2,1-3H3. The van der Waals surface area contributed by atoms with E-state index in [9.17, 15) is 4.79 Å². The molecule has 1 rings (SSSR count). The highest BCUT2D eigenvalue weighted by molar-refractivity contribution is 5.81. The summed E-state index contributed by atoms with van der Waals surface area (Å²) in [5.74, 6) is 0.546. The first kappa shape index (κ1) is 14.5. The van der Waals surface area contributed by atoms with E-state index in [1.165, 1.54) is 0 Å². The number of hydrogen-bond donors (Lipinski definition) is 1. The summed E-state index contributed by atoms with van der Waals surface area (Å²) in [6, 6.07) is -0.352. The minimum atomic E-state index is -0.352. The lowest BCUT2D eigenvalue weighted by atomic mass is 10.0. The van der Waals surface area contributed by atoms with Crippen LogP contribution in [0.25, 0.3) is 0 Å². The van der Waals surface area contributed by atoms with Gasteiger partial charge in [-0.05, 0) is 32.1 Å². The van der Waals surface area contributed by atoms with Crippen molar-refractivity contribution in [3.05, 3.63) is 0 Å². The zero-order valence-corrected chi connectivity index (χ0v) is 11.3. The summed E-state index contributed by atoms with van der Waals surface area (Å²) in [7, 11) is 0. The van der Waals surface area contributed by atoms with Crippen LogP contribution < -0.4 is 5.73 Å². The molecule has 100 valence electrons. The van der Waals surface area contributed by atoms with E-state index < -0.39 is 0 Å². The summed E-state index contributed by atoms with van der Waals surface area (Å²) in [5, 5.41) is 0. The summed E-state index contributed by atoms with van der Waals surface area (Å²) >= 11 is 0. The zero-order valence-electron chi connectivity index (χ0n) is 11.3. The summed E-state index contributed by atoms with van der Waals surface area (Å²) in [4.78, 5) is 14.0. The number of carbonyl (C=O) groups excluding carboxylic acids is 1. The van der Waals surface area contributed by atoms with E-state index in [-0.39, 0.29) is 18.1 Å². The highest BCUT2D eigenvalue weighted by Gasteiger charge is 2.27. The Morgan fingerprint density at radius 1 is 1.53 bits per heavy atom. The SMILES string of the molecule is CCOC1CCCN(C(=O)C(N)CC(C)C)C1. The second kappa shape index (κ2) is 6.97. The second-order valence-corrected chi connectivity index (χ2v) is 5.24. The number of nitrogens with zero attached hydrogens (tertiary/aromatic N) is 1. The molecule has 0 aliphatic carbocycles. The smallest absolute Gasteiger partial charge is 0.239 e. The van der Waals surface area contributed by atoms with Crippen LogP contribution in [0.4, 0.5) is 0 Å². The molecular formula is C13H26N2O2. The maximum Gasteiger partial charge on any atom is 0.239 e. The summed E-state index contributed by atoms with van der Waals surface area (Å²) in [6.07, 6.45) is 3.03. The topological polar surface area (TPSA) is 55.6 Å². The van der Waals surface area contributed by atoms with Gasteiger partial charge in [0.15, 0.2) is 0 Å². The maximum absolute atomic E-state index is 12.1. The lowest BCUT2D eigenvalue weighted by molar-refractivity contribution is -0.137. The minimum absolute atomic E-state index is 0.0862. The monoisotopic (exact) mass is 242 g/mol. The first-order valence-corrected chi connectivity index (χ1v) is 6.70. The number of amides is 1. The Bertz CT molecular complexity index is 242. The highest BCUT2D eigenvalue weighted by Crippen LogP contribution is 2.15. The van der Waals surface area contributed by atoms with Gasteiger partial charge in [-0.2, -0.15) is 0 Å². The highest BCUT2D eigenvalue weighted by atomic mass is 16.5. The van der Waals surface area contributed by atoms with E-state index in [4.69, 9.17) is 10.5 Å². The van der Waals surface area contributed by atoms with Crippen LogP contribution in [0.1, 0.15) is 40.0 Å². The summed E-state index contributed by atoms with van der Waals surface area (Å²) < 4.78 is 5.59. The van der Waals surface area contributed by atoms with Crippen LogP contribution in [0, 0.1) is 5.92 Å². The Kier molecular flexibility index (Phi) is 5.92. The van der Waals surface area contributed by atoms with Gasteiger partial charge in [-0.1, -0.05) is 13.8 Å². The molecule has 0 aromatic heterocycles. The molecule has 1 heterocycles. The van der Waals surface area contributed by atoms with Crippen LogP contribution in [0.3, 0.4) is 0 Å². The lowest BCUT2D eigenvalue weighted by Crippen LogP contribution is -2.50. The predicted molar refractivity (Wildman–Crippen MR) is 68.7 cm³/mol. The quantitative estimate of drug-likeness (QED) is 0.792. The minimum Gasteiger partial charge on any atom is -0.377 e. The van der Waals surface area contributed by atoms with Crippen LogP contribution in [-0.4, -0.2) is 42.6 Å². The number of carbonyl (C=O) groups is 1. The van der Waals surface area contributed by atoms with Crippen molar-refractivity contribution in [2.45, 2.75) is 52.2 Å². The molecule has 0 radical (unpaired) electrons. The van der Waals surface area contributed by atoms with E-state index in [0.717, 1.165) is 25.8 Å².